The number of benzene rings is 2. The summed E-state index contributed by atoms with van der Waals surface area (Å²) < 4.78 is 106. The van der Waals surface area contributed by atoms with Crippen molar-refractivity contribution in [3.63, 3.8) is 0 Å². The Labute approximate surface area is 150 Å². The third-order valence-corrected chi connectivity index (χ3v) is 4.49. The van der Waals surface area contributed by atoms with Crippen molar-refractivity contribution < 1.29 is 50.1 Å². The molecule has 0 amide bonds. The molecule has 2 aromatic carbocycles. The molecule has 0 fully saturated rings. The van der Waals surface area contributed by atoms with Gasteiger partial charge in [0.2, 0.25) is 5.82 Å². The summed E-state index contributed by atoms with van der Waals surface area (Å²) in [6.07, 6.45) is -9.72. The van der Waals surface area contributed by atoms with Crippen LogP contribution in [0.1, 0.15) is 39.3 Å². The maximum Gasteiger partial charge on any atom is 0.416 e. The van der Waals surface area contributed by atoms with Crippen LogP contribution in [0.3, 0.4) is 0 Å². The van der Waals surface area contributed by atoms with Gasteiger partial charge in [-0.1, -0.05) is 6.07 Å². The van der Waals surface area contributed by atoms with E-state index < -0.39 is 81.4 Å². The molecule has 3 nitrogen and oxygen atoms in total. The number of ketones is 1. The smallest absolute Gasteiger partial charge is 0.388 e. The molecule has 1 aliphatic carbocycles. The highest BCUT2D eigenvalue weighted by Crippen LogP contribution is 2.46. The minimum absolute atomic E-state index is 0.406. The highest BCUT2D eigenvalue weighted by atomic mass is 19.4. The molecule has 150 valence electrons. The highest BCUT2D eigenvalue weighted by Gasteiger charge is 2.47. The molecule has 0 aliphatic heterocycles. The number of Topliss-reactive ketones (excluding diaryl/α,β-unsaturated/α-hetero) is 1. The topological polar surface area (TPSA) is 57.5 Å². The van der Waals surface area contributed by atoms with E-state index in [0.29, 0.717) is 18.2 Å². The van der Waals surface area contributed by atoms with E-state index in [-0.39, 0.29) is 0 Å². The molecule has 3 atom stereocenters. The second-order valence-electron chi connectivity index (χ2n) is 6.06. The quantitative estimate of drug-likeness (QED) is 0.446. The van der Waals surface area contributed by atoms with Crippen molar-refractivity contribution in [2.24, 2.45) is 5.92 Å². The number of aliphatic hydroxyl groups is 2. The number of halogens is 8. The molecule has 3 rings (SSSR count). The fourth-order valence-corrected chi connectivity index (χ4v) is 3.10. The van der Waals surface area contributed by atoms with Crippen LogP contribution in [0.4, 0.5) is 35.1 Å². The molecule has 0 radical (unpaired) electrons. The Hall–Kier alpha value is -2.53. The zero-order chi connectivity index (χ0) is 21.1. The van der Waals surface area contributed by atoms with Crippen LogP contribution in [-0.4, -0.2) is 16.0 Å². The average Bonchev–Trinajstić information content (AvgIpc) is 2.88. The van der Waals surface area contributed by atoms with Gasteiger partial charge in [-0.05, 0) is 17.7 Å². The normalized spacial score (nSPS) is 20.4. The molecular formula is C17H8F8O3. The minimum Gasteiger partial charge on any atom is -0.388 e. The van der Waals surface area contributed by atoms with Gasteiger partial charge in [-0.25, -0.2) is 22.0 Å². The summed E-state index contributed by atoms with van der Waals surface area (Å²) in [7, 11) is 0. The number of aliphatic hydroxyl groups excluding tert-OH is 2. The third kappa shape index (κ3) is 2.85. The summed E-state index contributed by atoms with van der Waals surface area (Å²) in [6.45, 7) is 0. The molecular weight excluding hydrogens is 404 g/mol. The lowest BCUT2D eigenvalue weighted by atomic mass is 9.89. The lowest BCUT2D eigenvalue weighted by Crippen LogP contribution is -2.25. The number of carbonyl (C=O) groups is 1. The molecule has 11 heteroatoms. The Balaban J connectivity index is 2.10. The molecule has 1 aliphatic rings. The molecule has 2 unspecified atom stereocenters. The van der Waals surface area contributed by atoms with Crippen molar-refractivity contribution in [2.75, 3.05) is 0 Å². The molecule has 2 N–H and O–H groups in total. The number of carbonyl (C=O) groups excluding carboxylic acids is 1. The standard InChI is InChI=1S/C17H8F8O3/c18-9-7(10(19)12(21)13(22)11(9)20)16(28)8-14(26)5-2-1-4(17(23,24)25)3-6(5)15(8)27/h1-3,8,15-16,27-28H/t8?,15-,16?/m1/s1. The summed E-state index contributed by atoms with van der Waals surface area (Å²) in [5.41, 5.74) is -4.08. The van der Waals surface area contributed by atoms with Gasteiger partial charge in [0.1, 0.15) is 0 Å². The Bertz CT molecular complexity index is 956. The number of hydrogen-bond acceptors (Lipinski definition) is 3. The Morgan fingerprint density at radius 1 is 0.893 bits per heavy atom. The summed E-state index contributed by atoms with van der Waals surface area (Å²) >= 11 is 0. The first kappa shape index (κ1) is 20.2. The van der Waals surface area contributed by atoms with Gasteiger partial charge in [-0.2, -0.15) is 13.2 Å². The summed E-state index contributed by atoms with van der Waals surface area (Å²) in [5.74, 6) is -15.5. The molecule has 0 saturated carbocycles. The molecule has 0 saturated heterocycles. The van der Waals surface area contributed by atoms with Gasteiger partial charge >= 0.3 is 6.18 Å². The molecule has 0 aromatic heterocycles. The van der Waals surface area contributed by atoms with Crippen molar-refractivity contribution in [3.8, 4) is 0 Å². The highest BCUT2D eigenvalue weighted by molar-refractivity contribution is 6.03. The van der Waals surface area contributed by atoms with Gasteiger partial charge in [0, 0.05) is 5.56 Å². The van der Waals surface area contributed by atoms with Crippen LogP contribution in [0.25, 0.3) is 0 Å². The van der Waals surface area contributed by atoms with E-state index in [2.05, 4.69) is 0 Å². The predicted molar refractivity (Wildman–Crippen MR) is 75.4 cm³/mol. The molecule has 2 aromatic rings. The summed E-state index contributed by atoms with van der Waals surface area (Å²) in [6, 6.07) is 1.61. The Kier molecular flexibility index (Phi) is 4.71. The van der Waals surface area contributed by atoms with E-state index in [1.54, 1.807) is 0 Å². The largest absolute Gasteiger partial charge is 0.416 e. The van der Waals surface area contributed by atoms with E-state index in [1.165, 1.54) is 0 Å². The van der Waals surface area contributed by atoms with Gasteiger partial charge < -0.3 is 10.2 Å². The van der Waals surface area contributed by atoms with E-state index in [0.717, 1.165) is 0 Å². The zero-order valence-electron chi connectivity index (χ0n) is 13.3. The Morgan fingerprint density at radius 3 is 1.89 bits per heavy atom. The molecule has 0 heterocycles. The monoisotopic (exact) mass is 412 g/mol. The maximum atomic E-state index is 13.9. The van der Waals surface area contributed by atoms with Crippen LogP contribution in [0.2, 0.25) is 0 Å². The van der Waals surface area contributed by atoms with E-state index in [1.807, 2.05) is 0 Å². The molecule has 28 heavy (non-hydrogen) atoms. The number of fused-ring (bicyclic) bond motifs is 1. The first-order chi connectivity index (χ1) is 12.9. The van der Waals surface area contributed by atoms with Crippen LogP contribution in [0.5, 0.6) is 0 Å². The second kappa shape index (κ2) is 6.52. The lowest BCUT2D eigenvalue weighted by molar-refractivity contribution is -0.137. The van der Waals surface area contributed by atoms with Gasteiger partial charge in [0.15, 0.2) is 29.1 Å². The fourth-order valence-electron chi connectivity index (χ4n) is 3.10. The van der Waals surface area contributed by atoms with Crippen LogP contribution in [0.15, 0.2) is 18.2 Å². The van der Waals surface area contributed by atoms with Crippen LogP contribution >= 0.6 is 0 Å². The SMILES string of the molecule is O=C1c2ccc(C(F)(F)F)cc2[C@@H](O)C1C(O)c1c(F)c(F)c(F)c(F)c1F. The van der Waals surface area contributed by atoms with E-state index in [9.17, 15) is 50.1 Å². The number of alkyl halides is 3. The van der Waals surface area contributed by atoms with Crippen molar-refractivity contribution in [3.05, 3.63) is 69.5 Å². The van der Waals surface area contributed by atoms with Gasteiger partial charge in [0.25, 0.3) is 0 Å². The summed E-state index contributed by atoms with van der Waals surface area (Å²) in [4.78, 5) is 12.3. The van der Waals surface area contributed by atoms with Gasteiger partial charge in [-0.15, -0.1) is 0 Å². The van der Waals surface area contributed by atoms with Crippen LogP contribution in [0, 0.1) is 35.0 Å². The average molecular weight is 412 g/mol. The minimum atomic E-state index is -4.84. The lowest BCUT2D eigenvalue weighted by Gasteiger charge is -2.22. The van der Waals surface area contributed by atoms with Crippen molar-refractivity contribution in [1.82, 2.24) is 0 Å². The van der Waals surface area contributed by atoms with Gasteiger partial charge in [-0.3, -0.25) is 4.79 Å². The van der Waals surface area contributed by atoms with Crippen molar-refractivity contribution in [1.29, 1.82) is 0 Å². The number of hydrogen-bond donors (Lipinski definition) is 2. The third-order valence-electron chi connectivity index (χ3n) is 4.49. The maximum absolute atomic E-state index is 13.9. The first-order valence-corrected chi connectivity index (χ1v) is 7.50. The molecule has 0 bridgehead atoms. The summed E-state index contributed by atoms with van der Waals surface area (Å²) in [5, 5.41) is 20.3. The van der Waals surface area contributed by atoms with Crippen molar-refractivity contribution in [2.45, 2.75) is 18.4 Å². The number of rotatable bonds is 2. The van der Waals surface area contributed by atoms with Crippen molar-refractivity contribution >= 4 is 5.78 Å². The van der Waals surface area contributed by atoms with E-state index in [4.69, 9.17) is 0 Å². The first-order valence-electron chi connectivity index (χ1n) is 7.50. The Morgan fingerprint density at radius 2 is 1.39 bits per heavy atom. The van der Waals surface area contributed by atoms with Gasteiger partial charge in [0.05, 0.1) is 29.3 Å². The zero-order valence-corrected chi connectivity index (χ0v) is 13.3. The van der Waals surface area contributed by atoms with Crippen LogP contribution in [-0.2, 0) is 6.18 Å². The predicted octanol–water partition coefficient (Wildman–Crippen LogP) is 3.98. The second-order valence-corrected chi connectivity index (χ2v) is 6.06. The molecule has 0 spiro atoms. The van der Waals surface area contributed by atoms with E-state index >= 15 is 0 Å². The fraction of sp³-hybridized carbons (Fsp3) is 0.235. The van der Waals surface area contributed by atoms with Crippen LogP contribution < -0.4 is 0 Å².